The number of hydrogen-bond donors (Lipinski definition) is 4. The van der Waals surface area contributed by atoms with Crippen LogP contribution in [0.15, 0.2) is 12.1 Å². The number of aliphatic carboxylic acids is 1. The third-order valence-corrected chi connectivity index (χ3v) is 2.24. The molecule has 5 heteroatoms. The Balaban J connectivity index is 3.44. The topological polar surface area (TPSA) is 98.0 Å². The van der Waals surface area contributed by atoms with Gasteiger partial charge in [0.2, 0.25) is 0 Å². The van der Waals surface area contributed by atoms with Crippen molar-refractivity contribution in [2.45, 2.75) is 19.3 Å². The average Bonchev–Trinajstić information content (AvgIpc) is 2.00. The van der Waals surface area contributed by atoms with Crippen molar-refractivity contribution in [1.29, 1.82) is 0 Å². The van der Waals surface area contributed by atoms with Crippen LogP contribution in [0.2, 0.25) is 0 Å². The Labute approximate surface area is 86.2 Å². The first-order valence-electron chi connectivity index (χ1n) is 4.25. The summed E-state index contributed by atoms with van der Waals surface area (Å²) in [5.41, 5.74) is -1.55. The van der Waals surface area contributed by atoms with Crippen molar-refractivity contribution in [3.8, 4) is 17.2 Å². The fourth-order valence-electron chi connectivity index (χ4n) is 1.34. The highest BCUT2D eigenvalue weighted by molar-refractivity contribution is 5.82. The van der Waals surface area contributed by atoms with E-state index < -0.39 is 22.9 Å². The maximum absolute atomic E-state index is 10.9. The molecular weight excluding hydrogens is 200 g/mol. The van der Waals surface area contributed by atoms with Gasteiger partial charge in [0.05, 0.1) is 11.0 Å². The fourth-order valence-corrected chi connectivity index (χ4v) is 1.34. The van der Waals surface area contributed by atoms with E-state index in [9.17, 15) is 15.0 Å². The van der Waals surface area contributed by atoms with Gasteiger partial charge in [-0.25, -0.2) is 0 Å². The number of aromatic hydroxyl groups is 3. The van der Waals surface area contributed by atoms with Gasteiger partial charge < -0.3 is 20.4 Å². The third-order valence-electron chi connectivity index (χ3n) is 2.24. The van der Waals surface area contributed by atoms with E-state index in [4.69, 9.17) is 10.2 Å². The third kappa shape index (κ3) is 1.81. The quantitative estimate of drug-likeness (QED) is 0.589. The Bertz CT molecular complexity index is 385. The number of carboxylic acid groups (broad SMARTS) is 1. The molecule has 0 fully saturated rings. The van der Waals surface area contributed by atoms with Gasteiger partial charge in [0.15, 0.2) is 0 Å². The van der Waals surface area contributed by atoms with Crippen molar-refractivity contribution >= 4 is 5.97 Å². The molecule has 0 spiro atoms. The van der Waals surface area contributed by atoms with Crippen LogP contribution in [0, 0.1) is 0 Å². The summed E-state index contributed by atoms with van der Waals surface area (Å²) in [6.07, 6.45) is 0. The number of phenols is 3. The number of rotatable bonds is 2. The predicted molar refractivity (Wildman–Crippen MR) is 52.1 cm³/mol. The van der Waals surface area contributed by atoms with E-state index in [1.165, 1.54) is 13.8 Å². The van der Waals surface area contributed by atoms with E-state index in [0.717, 1.165) is 12.1 Å². The highest BCUT2D eigenvalue weighted by Gasteiger charge is 2.35. The van der Waals surface area contributed by atoms with Crippen LogP contribution in [0.1, 0.15) is 19.4 Å². The van der Waals surface area contributed by atoms with E-state index >= 15 is 0 Å². The number of carbonyl (C=O) groups is 1. The van der Waals surface area contributed by atoms with Gasteiger partial charge >= 0.3 is 5.97 Å². The lowest BCUT2D eigenvalue weighted by atomic mass is 9.83. The van der Waals surface area contributed by atoms with Crippen LogP contribution in [0.4, 0.5) is 0 Å². The average molecular weight is 212 g/mol. The van der Waals surface area contributed by atoms with E-state index in [2.05, 4.69) is 0 Å². The van der Waals surface area contributed by atoms with E-state index in [-0.39, 0.29) is 11.3 Å². The van der Waals surface area contributed by atoms with Crippen LogP contribution in [-0.2, 0) is 10.2 Å². The molecule has 1 aromatic carbocycles. The first-order chi connectivity index (χ1) is 6.76. The summed E-state index contributed by atoms with van der Waals surface area (Å²) in [5, 5.41) is 36.9. The van der Waals surface area contributed by atoms with Gasteiger partial charge in [-0.3, -0.25) is 4.79 Å². The van der Waals surface area contributed by atoms with Gasteiger partial charge in [-0.05, 0) is 13.8 Å². The lowest BCUT2D eigenvalue weighted by Gasteiger charge is -2.21. The molecule has 4 N–H and O–H groups in total. The highest BCUT2D eigenvalue weighted by atomic mass is 16.4. The molecular formula is C10H12O5. The minimum atomic E-state index is -1.43. The van der Waals surface area contributed by atoms with Crippen LogP contribution in [0.25, 0.3) is 0 Å². The second kappa shape index (κ2) is 3.34. The molecule has 0 aliphatic rings. The van der Waals surface area contributed by atoms with Gasteiger partial charge in [0.1, 0.15) is 17.2 Å². The molecule has 0 amide bonds. The summed E-state index contributed by atoms with van der Waals surface area (Å²) in [6.45, 7) is 2.70. The smallest absolute Gasteiger partial charge is 0.313 e. The predicted octanol–water partition coefficient (Wildman–Crippen LogP) is 1.17. The summed E-state index contributed by atoms with van der Waals surface area (Å²) in [6, 6.07) is 1.97. The molecule has 0 aliphatic heterocycles. The van der Waals surface area contributed by atoms with E-state index in [1.807, 2.05) is 0 Å². The summed E-state index contributed by atoms with van der Waals surface area (Å²) in [7, 11) is 0. The molecule has 0 aromatic heterocycles. The van der Waals surface area contributed by atoms with Gasteiger partial charge in [-0.15, -0.1) is 0 Å². The number of phenolic OH excluding ortho intramolecular Hbond substituents is 3. The second-order valence-corrected chi connectivity index (χ2v) is 3.79. The molecule has 82 valence electrons. The van der Waals surface area contributed by atoms with Crippen molar-refractivity contribution < 1.29 is 25.2 Å². The zero-order chi connectivity index (χ0) is 11.8. The molecule has 0 bridgehead atoms. The fraction of sp³-hybridized carbons (Fsp3) is 0.300. The molecule has 15 heavy (non-hydrogen) atoms. The Morgan fingerprint density at radius 1 is 1.13 bits per heavy atom. The van der Waals surface area contributed by atoms with Crippen LogP contribution in [0.3, 0.4) is 0 Å². The molecule has 0 aliphatic carbocycles. The molecule has 0 saturated heterocycles. The zero-order valence-corrected chi connectivity index (χ0v) is 8.35. The Morgan fingerprint density at radius 2 is 1.53 bits per heavy atom. The number of benzene rings is 1. The molecule has 0 unspecified atom stereocenters. The summed E-state index contributed by atoms with van der Waals surface area (Å²) in [4.78, 5) is 10.9. The van der Waals surface area contributed by atoms with Crippen LogP contribution in [-0.4, -0.2) is 26.4 Å². The first kappa shape index (κ1) is 11.2. The number of carboxylic acids is 1. The molecule has 0 atom stereocenters. The molecule has 5 nitrogen and oxygen atoms in total. The Morgan fingerprint density at radius 3 is 1.87 bits per heavy atom. The van der Waals surface area contributed by atoms with Crippen LogP contribution < -0.4 is 0 Å². The molecule has 1 aromatic rings. The normalized spacial score (nSPS) is 11.3. The second-order valence-electron chi connectivity index (χ2n) is 3.79. The summed E-state index contributed by atoms with van der Waals surface area (Å²) in [5.74, 6) is -2.39. The highest BCUT2D eigenvalue weighted by Crippen LogP contribution is 2.40. The molecule has 0 saturated carbocycles. The maximum Gasteiger partial charge on any atom is 0.313 e. The van der Waals surface area contributed by atoms with E-state index in [0.29, 0.717) is 0 Å². The Hall–Kier alpha value is -1.91. The van der Waals surface area contributed by atoms with Gasteiger partial charge in [-0.1, -0.05) is 0 Å². The molecule has 0 heterocycles. The molecule has 1 rings (SSSR count). The van der Waals surface area contributed by atoms with Crippen molar-refractivity contribution in [3.05, 3.63) is 17.7 Å². The minimum absolute atomic E-state index is 0.118. The molecule has 0 radical (unpaired) electrons. The van der Waals surface area contributed by atoms with Crippen molar-refractivity contribution in [2.24, 2.45) is 0 Å². The summed E-state index contributed by atoms with van der Waals surface area (Å²) >= 11 is 0. The minimum Gasteiger partial charge on any atom is -0.508 e. The van der Waals surface area contributed by atoms with Gasteiger partial charge in [0, 0.05) is 12.1 Å². The van der Waals surface area contributed by atoms with Gasteiger partial charge in [0.25, 0.3) is 0 Å². The monoisotopic (exact) mass is 212 g/mol. The zero-order valence-electron chi connectivity index (χ0n) is 8.35. The largest absolute Gasteiger partial charge is 0.508 e. The summed E-state index contributed by atoms with van der Waals surface area (Å²) < 4.78 is 0. The van der Waals surface area contributed by atoms with Crippen molar-refractivity contribution in [1.82, 2.24) is 0 Å². The van der Waals surface area contributed by atoms with Crippen LogP contribution in [0.5, 0.6) is 17.2 Å². The maximum atomic E-state index is 10.9. The van der Waals surface area contributed by atoms with Gasteiger partial charge in [-0.2, -0.15) is 0 Å². The van der Waals surface area contributed by atoms with E-state index in [1.54, 1.807) is 0 Å². The van der Waals surface area contributed by atoms with Crippen molar-refractivity contribution in [2.75, 3.05) is 0 Å². The SMILES string of the molecule is CC(C)(C(=O)O)c1c(O)cc(O)cc1O. The van der Waals surface area contributed by atoms with Crippen LogP contribution >= 0.6 is 0 Å². The standard InChI is InChI=1S/C10H12O5/c1-10(2,9(14)15)8-6(12)3-5(11)4-7(8)13/h3-4,11-13H,1-2H3,(H,14,15). The Kier molecular flexibility index (Phi) is 2.49. The number of hydrogen-bond acceptors (Lipinski definition) is 4. The lowest BCUT2D eigenvalue weighted by Crippen LogP contribution is -2.28. The van der Waals surface area contributed by atoms with Crippen molar-refractivity contribution in [3.63, 3.8) is 0 Å². The lowest BCUT2D eigenvalue weighted by molar-refractivity contribution is -0.142. The first-order valence-corrected chi connectivity index (χ1v) is 4.25.